The Labute approximate surface area is 262 Å². The van der Waals surface area contributed by atoms with Gasteiger partial charge >= 0.3 is 0 Å². The Hall–Kier alpha value is -4.84. The van der Waals surface area contributed by atoms with Crippen LogP contribution in [0.1, 0.15) is 47.2 Å². The molecule has 6 rings (SSSR count). The zero-order valence-electron chi connectivity index (χ0n) is 25.6. The van der Waals surface area contributed by atoms with Gasteiger partial charge < -0.3 is 24.6 Å². The Morgan fingerprint density at radius 3 is 2.51 bits per heavy atom. The van der Waals surface area contributed by atoms with Crippen LogP contribution in [0.15, 0.2) is 73.3 Å². The van der Waals surface area contributed by atoms with Crippen molar-refractivity contribution in [2.75, 3.05) is 46.9 Å². The molecule has 2 saturated heterocycles. The number of ether oxygens (including phenoxy) is 2. The van der Waals surface area contributed by atoms with Gasteiger partial charge in [-0.15, -0.1) is 5.10 Å². The predicted octanol–water partition coefficient (Wildman–Crippen LogP) is 2.99. The van der Waals surface area contributed by atoms with Crippen LogP contribution in [-0.4, -0.2) is 94.3 Å². The molecular weight excluding hydrogens is 572 g/mol. The normalized spacial score (nSPS) is 19.6. The third-order valence-electron chi connectivity index (χ3n) is 9.53. The van der Waals surface area contributed by atoms with Crippen molar-refractivity contribution in [3.8, 4) is 17.2 Å². The molecule has 0 bridgehead atoms. The van der Waals surface area contributed by atoms with Gasteiger partial charge in [0.05, 0.1) is 31.0 Å². The largest absolute Gasteiger partial charge is 0.497 e. The topological polar surface area (TPSA) is 128 Å². The summed E-state index contributed by atoms with van der Waals surface area (Å²) in [7, 11) is 3.25. The monoisotopic (exact) mass is 610 g/mol. The minimum absolute atomic E-state index is 0.0911. The van der Waals surface area contributed by atoms with Crippen LogP contribution in [0.3, 0.4) is 0 Å². The molecule has 4 aromatic rings. The maximum atomic E-state index is 14.1. The zero-order chi connectivity index (χ0) is 31.3. The van der Waals surface area contributed by atoms with E-state index in [-0.39, 0.29) is 11.3 Å². The molecule has 1 unspecified atom stereocenters. The van der Waals surface area contributed by atoms with Gasteiger partial charge in [0.15, 0.2) is 0 Å². The number of rotatable bonds is 11. The number of aromatic nitrogens is 5. The van der Waals surface area contributed by atoms with Gasteiger partial charge in [0, 0.05) is 44.0 Å². The fourth-order valence-corrected chi connectivity index (χ4v) is 6.87. The first-order chi connectivity index (χ1) is 22.0. The van der Waals surface area contributed by atoms with E-state index in [4.69, 9.17) is 9.47 Å². The molecule has 0 aliphatic carbocycles. The minimum atomic E-state index is -0.391. The lowest BCUT2D eigenvalue weighted by Crippen LogP contribution is -2.51. The molecule has 2 aromatic carbocycles. The molecule has 234 valence electrons. The summed E-state index contributed by atoms with van der Waals surface area (Å²) < 4.78 is 12.7. The molecule has 45 heavy (non-hydrogen) atoms. The number of hydrogen-bond donors (Lipinski definition) is 1. The second-order valence-electron chi connectivity index (χ2n) is 11.8. The number of amides is 2. The van der Waals surface area contributed by atoms with Crippen molar-refractivity contribution >= 4 is 12.3 Å². The van der Waals surface area contributed by atoms with E-state index in [0.29, 0.717) is 30.1 Å². The minimum Gasteiger partial charge on any atom is -0.497 e. The van der Waals surface area contributed by atoms with E-state index in [9.17, 15) is 9.59 Å². The van der Waals surface area contributed by atoms with Crippen LogP contribution in [0.2, 0.25) is 0 Å². The first kappa shape index (κ1) is 30.2. The van der Waals surface area contributed by atoms with E-state index >= 15 is 0 Å². The third-order valence-corrected chi connectivity index (χ3v) is 9.53. The lowest BCUT2D eigenvalue weighted by atomic mass is 9.76. The molecular formula is C33H38N8O4. The highest BCUT2D eigenvalue weighted by Gasteiger charge is 2.43. The summed E-state index contributed by atoms with van der Waals surface area (Å²) in [6.45, 7) is 3.74. The van der Waals surface area contributed by atoms with Crippen molar-refractivity contribution in [2.45, 2.75) is 36.6 Å². The average Bonchev–Trinajstić information content (AvgIpc) is 3.80. The molecule has 12 heteroatoms. The number of nitrogens with one attached hydrogen (secondary N) is 1. The maximum Gasteiger partial charge on any atom is 0.257 e. The molecule has 0 radical (unpaired) electrons. The summed E-state index contributed by atoms with van der Waals surface area (Å²) in [4.78, 5) is 34.2. The lowest BCUT2D eigenvalue weighted by Gasteiger charge is -2.43. The van der Waals surface area contributed by atoms with Crippen LogP contribution in [0.25, 0.3) is 5.69 Å². The summed E-state index contributed by atoms with van der Waals surface area (Å²) >= 11 is 0. The molecule has 12 nitrogen and oxygen atoms in total. The number of methoxy groups -OCH3 is 2. The van der Waals surface area contributed by atoms with Gasteiger partial charge in [0.25, 0.3) is 5.91 Å². The van der Waals surface area contributed by atoms with Crippen molar-refractivity contribution in [3.63, 3.8) is 0 Å². The number of piperidine rings is 1. The van der Waals surface area contributed by atoms with Gasteiger partial charge in [-0.25, -0.2) is 4.68 Å². The zero-order valence-corrected chi connectivity index (χ0v) is 25.6. The first-order valence-electron chi connectivity index (χ1n) is 15.2. The number of carbonyl (C=O) groups is 2. The summed E-state index contributed by atoms with van der Waals surface area (Å²) in [6, 6.07) is 17.6. The predicted molar refractivity (Wildman–Crippen MR) is 166 cm³/mol. The van der Waals surface area contributed by atoms with Crippen LogP contribution in [0.5, 0.6) is 11.5 Å². The molecule has 4 heterocycles. The Morgan fingerprint density at radius 1 is 0.978 bits per heavy atom. The molecule has 0 saturated carbocycles. The lowest BCUT2D eigenvalue weighted by molar-refractivity contribution is -0.112. The van der Waals surface area contributed by atoms with E-state index in [2.05, 4.69) is 42.9 Å². The smallest absolute Gasteiger partial charge is 0.257 e. The van der Waals surface area contributed by atoms with Crippen LogP contribution in [-0.2, 0) is 15.7 Å². The molecule has 1 atom stereocenters. The van der Waals surface area contributed by atoms with E-state index in [1.807, 2.05) is 35.2 Å². The molecule has 0 spiro atoms. The van der Waals surface area contributed by atoms with E-state index < -0.39 is 5.54 Å². The first-order valence-corrected chi connectivity index (χ1v) is 15.2. The Bertz CT molecular complexity index is 1610. The molecule has 2 aliphatic rings. The van der Waals surface area contributed by atoms with Gasteiger partial charge in [-0.1, -0.05) is 12.1 Å². The second kappa shape index (κ2) is 13.0. The second-order valence-corrected chi connectivity index (χ2v) is 11.8. The quantitative estimate of drug-likeness (QED) is 0.255. The van der Waals surface area contributed by atoms with Gasteiger partial charge in [-0.3, -0.25) is 14.6 Å². The molecule has 2 aromatic heterocycles. The van der Waals surface area contributed by atoms with E-state index in [1.54, 1.807) is 38.7 Å². The van der Waals surface area contributed by atoms with E-state index in [0.717, 1.165) is 68.6 Å². The molecule has 2 fully saturated rings. The van der Waals surface area contributed by atoms with Gasteiger partial charge in [0.2, 0.25) is 6.41 Å². The Morgan fingerprint density at radius 2 is 1.80 bits per heavy atom. The third kappa shape index (κ3) is 6.10. The summed E-state index contributed by atoms with van der Waals surface area (Å²) in [5.74, 6) is 1.21. The van der Waals surface area contributed by atoms with Crippen molar-refractivity contribution in [3.05, 3.63) is 90.0 Å². The van der Waals surface area contributed by atoms with Crippen molar-refractivity contribution in [1.82, 2.24) is 40.3 Å². The molecule has 1 N–H and O–H groups in total. The maximum absolute atomic E-state index is 14.1. The van der Waals surface area contributed by atoms with Crippen molar-refractivity contribution < 1.29 is 19.1 Å². The summed E-state index contributed by atoms with van der Waals surface area (Å²) in [5.41, 5.74) is 2.75. The number of likely N-dealkylation sites (tertiary alicyclic amines) is 2. The number of nitrogens with zero attached hydrogens (tertiary/aromatic N) is 7. The summed E-state index contributed by atoms with van der Waals surface area (Å²) in [6.07, 6.45) is 9.17. The Kier molecular flexibility index (Phi) is 8.74. The highest BCUT2D eigenvalue weighted by Crippen LogP contribution is 2.41. The number of benzene rings is 2. The Balaban J connectivity index is 1.22. The number of carbonyl (C=O) groups excluding carboxylic acids is 2. The van der Waals surface area contributed by atoms with E-state index in [1.165, 1.54) is 11.0 Å². The molecule has 2 amide bonds. The highest BCUT2D eigenvalue weighted by atomic mass is 16.5. The molecule has 2 aliphatic heterocycles. The number of tetrazole rings is 1. The van der Waals surface area contributed by atoms with Gasteiger partial charge in [0.1, 0.15) is 17.8 Å². The van der Waals surface area contributed by atoms with Gasteiger partial charge in [-0.05, 0) is 96.2 Å². The SMILES string of the molecule is COc1cccc(C2(CCN3CCC(NC=O)(c4ccncc4)CC3)CCN(C(=O)c3cc(-n4cnnn4)ccc3OC)C2)c1. The van der Waals surface area contributed by atoms with Crippen LogP contribution in [0, 0.1) is 0 Å². The van der Waals surface area contributed by atoms with Crippen LogP contribution >= 0.6 is 0 Å². The fraction of sp³-hybridized carbons (Fsp3) is 0.394. The van der Waals surface area contributed by atoms with Crippen molar-refractivity contribution in [2.24, 2.45) is 0 Å². The highest BCUT2D eigenvalue weighted by molar-refractivity contribution is 5.97. The standard InChI is InChI=1S/C33H38N8O4/c1-44-28-5-3-4-26(20-28)32(10-16-39-17-12-33(13-18-39,35-24-42)25-8-14-34-15-9-25)11-19-40(22-32)31(43)29-21-27(6-7-30(29)45-2)41-23-36-37-38-41/h3-9,14-15,20-21,23-24H,10-13,16-19,22H2,1-2H3,(H,35,42). The van der Waals surface area contributed by atoms with Crippen molar-refractivity contribution in [1.29, 1.82) is 0 Å². The van der Waals surface area contributed by atoms with Crippen LogP contribution in [0.4, 0.5) is 0 Å². The number of pyridine rings is 1. The average molecular weight is 611 g/mol. The van der Waals surface area contributed by atoms with Crippen LogP contribution < -0.4 is 14.8 Å². The van der Waals surface area contributed by atoms with Gasteiger partial charge in [-0.2, -0.15) is 0 Å². The number of hydrogen-bond acceptors (Lipinski definition) is 9. The summed E-state index contributed by atoms with van der Waals surface area (Å²) in [5, 5.41) is 14.5. The fourth-order valence-electron chi connectivity index (χ4n) is 6.87.